The fraction of sp³-hybridized carbons (Fsp3) is 0.455. The van der Waals surface area contributed by atoms with Crippen molar-refractivity contribution < 1.29 is 4.79 Å². The topological polar surface area (TPSA) is 42.0 Å². The molecule has 0 radical (unpaired) electrons. The lowest BCUT2D eigenvalue weighted by molar-refractivity contribution is -0.123. The normalized spacial score (nSPS) is 12.1. The number of amides is 1. The zero-order valence-electron chi connectivity index (χ0n) is 8.74. The summed E-state index contributed by atoms with van der Waals surface area (Å²) in [6.07, 6.45) is 4.34. The SMILES string of the molecule is CC(CCl)C(=O)NCCc1cccnc1. The Kier molecular flexibility index (Phi) is 5.12. The van der Waals surface area contributed by atoms with E-state index in [0.29, 0.717) is 12.4 Å². The molecular formula is C11H15ClN2O. The minimum atomic E-state index is -0.124. The molecule has 3 nitrogen and oxygen atoms in total. The smallest absolute Gasteiger partial charge is 0.224 e. The Morgan fingerprint density at radius 1 is 1.67 bits per heavy atom. The Bertz CT molecular complexity index is 303. The molecule has 0 saturated heterocycles. The van der Waals surface area contributed by atoms with Crippen LogP contribution in [0.4, 0.5) is 0 Å². The first-order valence-corrected chi connectivity index (χ1v) is 5.50. The van der Waals surface area contributed by atoms with E-state index in [0.717, 1.165) is 12.0 Å². The predicted octanol–water partition coefficient (Wildman–Crippen LogP) is 1.62. The van der Waals surface area contributed by atoms with Gasteiger partial charge in [0.2, 0.25) is 5.91 Å². The monoisotopic (exact) mass is 226 g/mol. The average Bonchev–Trinajstić information content (AvgIpc) is 2.29. The minimum absolute atomic E-state index is 0.00823. The Morgan fingerprint density at radius 3 is 3.07 bits per heavy atom. The number of hydrogen-bond donors (Lipinski definition) is 1. The lowest BCUT2D eigenvalue weighted by Crippen LogP contribution is -2.31. The van der Waals surface area contributed by atoms with Gasteiger partial charge in [0.1, 0.15) is 0 Å². The summed E-state index contributed by atoms with van der Waals surface area (Å²) in [6, 6.07) is 3.88. The van der Waals surface area contributed by atoms with E-state index in [2.05, 4.69) is 10.3 Å². The maximum absolute atomic E-state index is 11.4. The summed E-state index contributed by atoms with van der Waals surface area (Å²) in [6.45, 7) is 2.44. The number of rotatable bonds is 5. The van der Waals surface area contributed by atoms with Crippen LogP contribution in [-0.2, 0) is 11.2 Å². The molecule has 1 atom stereocenters. The van der Waals surface area contributed by atoms with Crippen LogP contribution in [0.5, 0.6) is 0 Å². The van der Waals surface area contributed by atoms with Crippen LogP contribution in [-0.4, -0.2) is 23.3 Å². The number of pyridine rings is 1. The molecule has 0 aliphatic carbocycles. The van der Waals surface area contributed by atoms with Crippen LogP contribution in [0.15, 0.2) is 24.5 Å². The van der Waals surface area contributed by atoms with Crippen molar-refractivity contribution in [3.05, 3.63) is 30.1 Å². The quantitative estimate of drug-likeness (QED) is 0.776. The van der Waals surface area contributed by atoms with Crippen molar-refractivity contribution in [2.24, 2.45) is 5.92 Å². The predicted molar refractivity (Wildman–Crippen MR) is 60.8 cm³/mol. The van der Waals surface area contributed by atoms with Crippen LogP contribution in [0.2, 0.25) is 0 Å². The van der Waals surface area contributed by atoms with Crippen molar-refractivity contribution in [3.63, 3.8) is 0 Å². The van der Waals surface area contributed by atoms with Crippen molar-refractivity contribution in [2.45, 2.75) is 13.3 Å². The van der Waals surface area contributed by atoms with E-state index in [1.165, 1.54) is 0 Å². The first kappa shape index (κ1) is 12.0. The average molecular weight is 227 g/mol. The van der Waals surface area contributed by atoms with Crippen LogP contribution >= 0.6 is 11.6 Å². The van der Waals surface area contributed by atoms with E-state index in [-0.39, 0.29) is 11.8 Å². The highest BCUT2D eigenvalue weighted by Crippen LogP contribution is 1.99. The zero-order chi connectivity index (χ0) is 11.1. The summed E-state index contributed by atoms with van der Waals surface area (Å²) in [5.74, 6) is 0.244. The molecule has 0 aliphatic rings. The number of carbonyl (C=O) groups excluding carboxylic acids is 1. The van der Waals surface area contributed by atoms with Crippen LogP contribution < -0.4 is 5.32 Å². The minimum Gasteiger partial charge on any atom is -0.356 e. The highest BCUT2D eigenvalue weighted by Gasteiger charge is 2.09. The van der Waals surface area contributed by atoms with Gasteiger partial charge in [0.15, 0.2) is 0 Å². The van der Waals surface area contributed by atoms with Gasteiger partial charge in [-0.05, 0) is 18.1 Å². The maximum atomic E-state index is 11.4. The number of alkyl halides is 1. The molecule has 0 aromatic carbocycles. The third-order valence-corrected chi connectivity index (χ3v) is 2.58. The molecule has 0 spiro atoms. The van der Waals surface area contributed by atoms with Gasteiger partial charge in [0.25, 0.3) is 0 Å². The van der Waals surface area contributed by atoms with Crippen LogP contribution in [0.1, 0.15) is 12.5 Å². The van der Waals surface area contributed by atoms with Crippen LogP contribution in [0, 0.1) is 5.92 Å². The Balaban J connectivity index is 2.25. The molecule has 1 aromatic rings. The number of nitrogens with zero attached hydrogens (tertiary/aromatic N) is 1. The summed E-state index contributed by atoms with van der Waals surface area (Å²) in [7, 11) is 0. The molecule has 0 saturated carbocycles. The Morgan fingerprint density at radius 2 is 2.47 bits per heavy atom. The van der Waals surface area contributed by atoms with Crippen LogP contribution in [0.3, 0.4) is 0 Å². The number of carbonyl (C=O) groups is 1. The van der Waals surface area contributed by atoms with Gasteiger partial charge in [0.05, 0.1) is 0 Å². The number of hydrogen-bond acceptors (Lipinski definition) is 2. The first-order chi connectivity index (χ1) is 7.24. The number of halogens is 1. The summed E-state index contributed by atoms with van der Waals surface area (Å²) in [4.78, 5) is 15.4. The van der Waals surface area contributed by atoms with E-state index in [1.807, 2.05) is 19.1 Å². The summed E-state index contributed by atoms with van der Waals surface area (Å²) in [5, 5.41) is 2.83. The summed E-state index contributed by atoms with van der Waals surface area (Å²) in [5.41, 5.74) is 1.12. The fourth-order valence-corrected chi connectivity index (χ4v) is 1.26. The maximum Gasteiger partial charge on any atom is 0.224 e. The van der Waals surface area contributed by atoms with E-state index in [4.69, 9.17) is 11.6 Å². The van der Waals surface area contributed by atoms with E-state index < -0.39 is 0 Å². The van der Waals surface area contributed by atoms with E-state index in [1.54, 1.807) is 12.4 Å². The molecule has 1 amide bonds. The third-order valence-electron chi connectivity index (χ3n) is 2.11. The summed E-state index contributed by atoms with van der Waals surface area (Å²) < 4.78 is 0. The molecule has 1 N–H and O–H groups in total. The van der Waals surface area contributed by atoms with Crippen LogP contribution in [0.25, 0.3) is 0 Å². The lowest BCUT2D eigenvalue weighted by Gasteiger charge is -2.08. The lowest BCUT2D eigenvalue weighted by atomic mass is 10.2. The Hall–Kier alpha value is -1.09. The summed E-state index contributed by atoms with van der Waals surface area (Å²) >= 11 is 5.57. The molecule has 1 heterocycles. The van der Waals surface area contributed by atoms with E-state index >= 15 is 0 Å². The second-order valence-electron chi connectivity index (χ2n) is 3.46. The van der Waals surface area contributed by atoms with Gasteiger partial charge < -0.3 is 5.32 Å². The molecule has 1 aromatic heterocycles. The van der Waals surface area contributed by atoms with E-state index in [9.17, 15) is 4.79 Å². The third kappa shape index (κ3) is 4.30. The van der Waals surface area contributed by atoms with Gasteiger partial charge in [-0.3, -0.25) is 9.78 Å². The van der Waals surface area contributed by atoms with Crippen molar-refractivity contribution in [2.75, 3.05) is 12.4 Å². The number of aromatic nitrogens is 1. The molecule has 15 heavy (non-hydrogen) atoms. The largest absolute Gasteiger partial charge is 0.356 e. The highest BCUT2D eigenvalue weighted by molar-refractivity contribution is 6.19. The molecular weight excluding hydrogens is 212 g/mol. The van der Waals surface area contributed by atoms with Gasteiger partial charge in [-0.25, -0.2) is 0 Å². The fourth-order valence-electron chi connectivity index (χ4n) is 1.12. The molecule has 82 valence electrons. The Labute approximate surface area is 94.9 Å². The van der Waals surface area contributed by atoms with Gasteiger partial charge in [-0.1, -0.05) is 13.0 Å². The molecule has 1 unspecified atom stereocenters. The van der Waals surface area contributed by atoms with Crippen molar-refractivity contribution in [3.8, 4) is 0 Å². The van der Waals surface area contributed by atoms with Gasteiger partial charge in [0, 0.05) is 30.7 Å². The van der Waals surface area contributed by atoms with Gasteiger partial charge in [-0.2, -0.15) is 0 Å². The second-order valence-corrected chi connectivity index (χ2v) is 3.77. The standard InChI is InChI=1S/C11H15ClN2O/c1-9(7-12)11(15)14-6-4-10-3-2-5-13-8-10/h2-3,5,8-9H,4,6-7H2,1H3,(H,14,15). The van der Waals surface area contributed by atoms with Gasteiger partial charge >= 0.3 is 0 Å². The second kappa shape index (κ2) is 6.40. The first-order valence-electron chi connectivity index (χ1n) is 4.96. The zero-order valence-corrected chi connectivity index (χ0v) is 9.50. The molecule has 0 bridgehead atoms. The molecule has 0 fully saturated rings. The van der Waals surface area contributed by atoms with Crippen molar-refractivity contribution in [1.82, 2.24) is 10.3 Å². The number of nitrogens with one attached hydrogen (secondary N) is 1. The van der Waals surface area contributed by atoms with Crippen molar-refractivity contribution >= 4 is 17.5 Å². The molecule has 0 aliphatic heterocycles. The molecule has 1 rings (SSSR count). The molecule has 4 heteroatoms. The highest BCUT2D eigenvalue weighted by atomic mass is 35.5. The van der Waals surface area contributed by atoms with Crippen molar-refractivity contribution in [1.29, 1.82) is 0 Å². The van der Waals surface area contributed by atoms with Gasteiger partial charge in [-0.15, -0.1) is 11.6 Å².